The average Bonchev–Trinajstić information content (AvgIpc) is 2.24. The van der Waals surface area contributed by atoms with Crippen molar-refractivity contribution in [3.05, 3.63) is 29.0 Å². The fourth-order valence-electron chi connectivity index (χ4n) is 2.51. The summed E-state index contributed by atoms with van der Waals surface area (Å²) in [5.41, 5.74) is 1.08. The zero-order chi connectivity index (χ0) is 11.5. The fraction of sp³-hybridized carbons (Fsp3) is 0.615. The van der Waals surface area contributed by atoms with Gasteiger partial charge in [-0.05, 0) is 38.8 Å². The molecular weight excluding hydrogens is 220 g/mol. The molecule has 2 unspecified atom stereocenters. The highest BCUT2D eigenvalue weighted by Crippen LogP contribution is 2.24. The minimum absolute atomic E-state index is 0.657. The lowest BCUT2D eigenvalue weighted by molar-refractivity contribution is 0.0938. The van der Waals surface area contributed by atoms with Crippen LogP contribution in [0.4, 0.5) is 0 Å². The van der Waals surface area contributed by atoms with Gasteiger partial charge in [-0.3, -0.25) is 9.88 Å². The lowest BCUT2D eigenvalue weighted by Crippen LogP contribution is -2.43. The molecule has 16 heavy (non-hydrogen) atoms. The number of aromatic nitrogens is 1. The van der Waals surface area contributed by atoms with E-state index in [-0.39, 0.29) is 0 Å². The van der Waals surface area contributed by atoms with Gasteiger partial charge in [0, 0.05) is 29.8 Å². The second kappa shape index (κ2) is 5.15. The van der Waals surface area contributed by atoms with E-state index < -0.39 is 0 Å². The topological polar surface area (TPSA) is 16.1 Å². The summed E-state index contributed by atoms with van der Waals surface area (Å²) in [6, 6.07) is 5.11. The van der Waals surface area contributed by atoms with Crippen LogP contribution in [0.5, 0.6) is 0 Å². The molecule has 2 rings (SSSR count). The van der Waals surface area contributed by atoms with Gasteiger partial charge >= 0.3 is 0 Å². The smallest absolute Gasteiger partial charge is 0.0558 e. The quantitative estimate of drug-likeness (QED) is 0.784. The lowest BCUT2D eigenvalue weighted by atomic mass is 9.97. The summed E-state index contributed by atoms with van der Waals surface area (Å²) in [5.74, 6) is 0. The summed E-state index contributed by atoms with van der Waals surface area (Å²) in [7, 11) is 0. The number of pyridine rings is 1. The molecule has 0 saturated carbocycles. The van der Waals surface area contributed by atoms with Crippen molar-refractivity contribution in [2.24, 2.45) is 0 Å². The Morgan fingerprint density at radius 2 is 2.06 bits per heavy atom. The zero-order valence-corrected chi connectivity index (χ0v) is 10.7. The Morgan fingerprint density at radius 3 is 2.69 bits per heavy atom. The van der Waals surface area contributed by atoms with E-state index in [4.69, 9.17) is 11.6 Å². The molecule has 2 atom stereocenters. The van der Waals surface area contributed by atoms with E-state index in [0.29, 0.717) is 12.1 Å². The van der Waals surface area contributed by atoms with E-state index in [1.807, 2.05) is 12.1 Å². The molecule has 88 valence electrons. The van der Waals surface area contributed by atoms with Crippen molar-refractivity contribution in [3.63, 3.8) is 0 Å². The first-order valence-corrected chi connectivity index (χ1v) is 6.41. The maximum Gasteiger partial charge on any atom is 0.0558 e. The molecule has 3 heteroatoms. The number of nitrogens with zero attached hydrogens (tertiary/aromatic N) is 2. The number of halogens is 1. The minimum atomic E-state index is 0.657. The number of piperidine rings is 1. The summed E-state index contributed by atoms with van der Waals surface area (Å²) in [6.45, 7) is 5.53. The minimum Gasteiger partial charge on any atom is -0.292 e. The highest BCUT2D eigenvalue weighted by atomic mass is 35.5. The van der Waals surface area contributed by atoms with Crippen LogP contribution in [0.3, 0.4) is 0 Å². The third-order valence-electron chi connectivity index (χ3n) is 3.50. The molecular formula is C13H19ClN2. The van der Waals surface area contributed by atoms with E-state index >= 15 is 0 Å². The second-order valence-corrected chi connectivity index (χ2v) is 5.20. The molecule has 1 aromatic heterocycles. The molecule has 0 spiro atoms. The highest BCUT2D eigenvalue weighted by Gasteiger charge is 2.24. The standard InChI is InChI=1S/C13H19ClN2/c1-10-4-3-5-11(2)16(10)9-13-8-12(14)6-7-15-13/h6-8,10-11H,3-5,9H2,1-2H3. The van der Waals surface area contributed by atoms with E-state index in [2.05, 4.69) is 23.7 Å². The Labute approximate surface area is 103 Å². The molecule has 1 aliphatic heterocycles. The Balaban J connectivity index is 2.07. The SMILES string of the molecule is CC1CCCC(C)N1Cc1cc(Cl)ccn1. The zero-order valence-electron chi connectivity index (χ0n) is 9.99. The first-order valence-electron chi connectivity index (χ1n) is 6.03. The Kier molecular flexibility index (Phi) is 3.82. The largest absolute Gasteiger partial charge is 0.292 e. The monoisotopic (exact) mass is 238 g/mol. The molecule has 1 saturated heterocycles. The molecule has 1 fully saturated rings. The van der Waals surface area contributed by atoms with Gasteiger partial charge in [0.15, 0.2) is 0 Å². The second-order valence-electron chi connectivity index (χ2n) is 4.77. The molecule has 0 N–H and O–H groups in total. The van der Waals surface area contributed by atoms with Gasteiger partial charge in [0.05, 0.1) is 5.69 Å². The molecule has 1 aliphatic rings. The van der Waals surface area contributed by atoms with Crippen molar-refractivity contribution in [2.45, 2.75) is 51.7 Å². The van der Waals surface area contributed by atoms with Crippen molar-refractivity contribution in [1.29, 1.82) is 0 Å². The van der Waals surface area contributed by atoms with Gasteiger partial charge in [-0.25, -0.2) is 0 Å². The third kappa shape index (κ3) is 2.74. The summed E-state index contributed by atoms with van der Waals surface area (Å²) in [4.78, 5) is 6.91. The van der Waals surface area contributed by atoms with Crippen molar-refractivity contribution in [3.8, 4) is 0 Å². The van der Waals surface area contributed by atoms with Crippen LogP contribution >= 0.6 is 11.6 Å². The third-order valence-corrected chi connectivity index (χ3v) is 3.73. The lowest BCUT2D eigenvalue weighted by Gasteiger charge is -2.38. The van der Waals surface area contributed by atoms with Crippen molar-refractivity contribution >= 4 is 11.6 Å². The van der Waals surface area contributed by atoms with Crippen LogP contribution in [0.2, 0.25) is 5.02 Å². The van der Waals surface area contributed by atoms with Crippen LogP contribution in [0.15, 0.2) is 18.3 Å². The molecule has 1 aromatic rings. The van der Waals surface area contributed by atoms with Gasteiger partial charge in [-0.2, -0.15) is 0 Å². The van der Waals surface area contributed by atoms with Crippen LogP contribution in [-0.4, -0.2) is 22.0 Å². The predicted octanol–water partition coefficient (Wildman–Crippen LogP) is 3.50. The molecule has 0 amide bonds. The Bertz CT molecular complexity index is 344. The highest BCUT2D eigenvalue weighted by molar-refractivity contribution is 6.30. The maximum atomic E-state index is 5.98. The van der Waals surface area contributed by atoms with E-state index in [0.717, 1.165) is 17.3 Å². The molecule has 0 aromatic carbocycles. The molecule has 0 aliphatic carbocycles. The normalized spacial score (nSPS) is 26.9. The summed E-state index contributed by atoms with van der Waals surface area (Å²) in [5, 5.41) is 0.780. The average molecular weight is 239 g/mol. The van der Waals surface area contributed by atoms with Crippen molar-refractivity contribution < 1.29 is 0 Å². The first-order chi connectivity index (χ1) is 7.66. The first kappa shape index (κ1) is 11.9. The van der Waals surface area contributed by atoms with Crippen LogP contribution in [0, 0.1) is 0 Å². The van der Waals surface area contributed by atoms with E-state index in [1.165, 1.54) is 19.3 Å². The number of rotatable bonds is 2. The number of hydrogen-bond acceptors (Lipinski definition) is 2. The molecule has 0 radical (unpaired) electrons. The number of hydrogen-bond donors (Lipinski definition) is 0. The van der Waals surface area contributed by atoms with E-state index in [9.17, 15) is 0 Å². The Morgan fingerprint density at radius 1 is 1.38 bits per heavy atom. The summed E-state index contributed by atoms with van der Waals surface area (Å²) >= 11 is 5.98. The van der Waals surface area contributed by atoms with Gasteiger partial charge in [-0.1, -0.05) is 18.0 Å². The van der Waals surface area contributed by atoms with Gasteiger partial charge in [0.25, 0.3) is 0 Å². The van der Waals surface area contributed by atoms with Crippen molar-refractivity contribution in [1.82, 2.24) is 9.88 Å². The molecule has 0 bridgehead atoms. The Hall–Kier alpha value is -0.600. The van der Waals surface area contributed by atoms with Crippen molar-refractivity contribution in [2.75, 3.05) is 0 Å². The van der Waals surface area contributed by atoms with Crippen LogP contribution in [0.1, 0.15) is 38.8 Å². The predicted molar refractivity (Wildman–Crippen MR) is 67.6 cm³/mol. The van der Waals surface area contributed by atoms with Gasteiger partial charge in [-0.15, -0.1) is 0 Å². The van der Waals surface area contributed by atoms with E-state index in [1.54, 1.807) is 6.20 Å². The maximum absolute atomic E-state index is 5.98. The van der Waals surface area contributed by atoms with Crippen LogP contribution < -0.4 is 0 Å². The van der Waals surface area contributed by atoms with Crippen LogP contribution in [-0.2, 0) is 6.54 Å². The van der Waals surface area contributed by atoms with Gasteiger partial charge < -0.3 is 0 Å². The molecule has 2 nitrogen and oxygen atoms in total. The molecule has 2 heterocycles. The van der Waals surface area contributed by atoms with Gasteiger partial charge in [0.2, 0.25) is 0 Å². The summed E-state index contributed by atoms with van der Waals surface area (Å²) < 4.78 is 0. The van der Waals surface area contributed by atoms with Gasteiger partial charge in [0.1, 0.15) is 0 Å². The summed E-state index contributed by atoms with van der Waals surface area (Å²) in [6.07, 6.45) is 5.73. The fourth-order valence-corrected chi connectivity index (χ4v) is 2.69. The number of likely N-dealkylation sites (tertiary alicyclic amines) is 1. The van der Waals surface area contributed by atoms with Crippen LogP contribution in [0.25, 0.3) is 0 Å².